The molecule has 0 atom stereocenters. The molecule has 0 aliphatic rings. The Balaban J connectivity index is 0.701. The van der Waals surface area contributed by atoms with Gasteiger partial charge in [0, 0.05) is 347 Å². The van der Waals surface area contributed by atoms with Gasteiger partial charge < -0.3 is 9.13 Å². The van der Waals surface area contributed by atoms with Gasteiger partial charge in [0.2, 0.25) is 0 Å². The van der Waals surface area contributed by atoms with Gasteiger partial charge in [-0.1, -0.05) is 48.6 Å². The Morgan fingerprint density at radius 2 is 0.475 bits per heavy atom. The molecular weight excluding hydrogens is 1240 g/mol. The number of aromatic nitrogens is 4. The zero-order valence-electron chi connectivity index (χ0n) is 51.1. The molecule has 6 heteroatoms. The fraction of sp³-hybridized carbons (Fsp3) is 0.0323. The molecule has 38 aromatic rings. The second-order valence-electron chi connectivity index (χ2n) is 32.4. The summed E-state index contributed by atoms with van der Waals surface area (Å²) in [5.74, 6) is 0. The summed E-state index contributed by atoms with van der Waals surface area (Å²) in [6.07, 6.45) is 9.96. The number of thiazole rings is 2. The first-order chi connectivity index (χ1) is 49.3. The fourth-order valence-electron chi connectivity index (χ4n) is 28.1. The molecule has 0 amide bonds. The first-order valence-electron chi connectivity index (χ1n) is 35.7. The Kier molecular flexibility index (Phi) is 4.74. The first kappa shape index (κ1) is 41.8. The van der Waals surface area contributed by atoms with Gasteiger partial charge >= 0.3 is 0 Å². The van der Waals surface area contributed by atoms with Gasteiger partial charge in [-0.3, -0.25) is 0 Å². The number of pyridine rings is 1. The van der Waals surface area contributed by atoms with Crippen molar-refractivity contribution in [1.29, 1.82) is 0 Å². The summed E-state index contributed by atoms with van der Waals surface area (Å²) in [6.45, 7) is 1.80. The summed E-state index contributed by atoms with van der Waals surface area (Å²) in [4.78, 5) is 10.0. The molecule has 428 valence electrons. The molecule has 0 saturated heterocycles. The summed E-state index contributed by atoms with van der Waals surface area (Å²) in [5.41, 5.74) is 10.2. The Bertz CT molecular complexity index is 9470. The highest BCUT2D eigenvalue weighted by Gasteiger charge is 2.51. The molecule has 0 aliphatic heterocycles. The molecule has 4 nitrogen and oxygen atoms in total. The SMILES string of the molecule is C(=C\c1nc2ccccc2s1)/c1ccc2c(c1)c1cc(/C=C/c3nc4ccccc4s3)ccc1n2CCCn1c2c3c4c5c6c7c8c9c%10c%11c%12c9c9c7c7c%13c9c9c%12c%12c%14c%11c%11c%15c%10c%10c8c6c6c8c%10c%15c%10c%15c%11c%14c%11c%14c%12c9c9c%13c(c3c75)c3c9c%14c5c%11c%15c7c%10c8c(c64)c2c7c5c31. The first-order valence-corrected chi connectivity index (χ1v) is 37.3. The van der Waals surface area contributed by atoms with Crippen LogP contribution in [0.3, 0.4) is 0 Å². The molecule has 0 spiro atoms. The number of rotatable bonds is 8. The quantitative estimate of drug-likeness (QED) is 0.112. The van der Waals surface area contributed by atoms with E-state index in [0.29, 0.717) is 0 Å². The molecule has 0 aliphatic carbocycles. The van der Waals surface area contributed by atoms with Crippen molar-refractivity contribution in [1.82, 2.24) is 19.1 Å². The molecule has 4 aromatic heterocycles. The maximum Gasteiger partial charge on any atom is 0.117 e. The summed E-state index contributed by atoms with van der Waals surface area (Å²) in [5, 5.41) is 99.0. The second-order valence-corrected chi connectivity index (χ2v) is 34.5. The zero-order valence-corrected chi connectivity index (χ0v) is 52.8. The predicted molar refractivity (Wildman–Crippen MR) is 429 cm³/mol. The third-order valence-corrected chi connectivity index (χ3v) is 31.9. The van der Waals surface area contributed by atoms with Gasteiger partial charge in [0.15, 0.2) is 0 Å². The lowest BCUT2D eigenvalue weighted by atomic mass is 9.84. The van der Waals surface area contributed by atoms with E-state index in [1.165, 1.54) is 42.3 Å². The number of fused-ring (bicyclic) bond motifs is 10. The molecule has 4 heterocycles. The highest BCUT2D eigenvalue weighted by atomic mass is 32.1. The van der Waals surface area contributed by atoms with Crippen molar-refractivity contribution >= 4 is 413 Å². The number of hydrogen-bond acceptors (Lipinski definition) is 4. The van der Waals surface area contributed by atoms with Crippen LogP contribution in [-0.2, 0) is 13.1 Å². The molecule has 0 N–H and O–H groups in total. The molecular formula is C93H24N4S2. The topological polar surface area (TPSA) is 35.6 Å². The second kappa shape index (κ2) is 11.2. The Hall–Kier alpha value is -12.1. The summed E-state index contributed by atoms with van der Waals surface area (Å²) < 4.78 is 8.22. The van der Waals surface area contributed by atoms with Gasteiger partial charge in [0.25, 0.3) is 0 Å². The average molecular weight is 1260 g/mol. The number of para-hydroxylation sites is 2. The van der Waals surface area contributed by atoms with E-state index < -0.39 is 0 Å². The van der Waals surface area contributed by atoms with Gasteiger partial charge in [-0.15, -0.1) is 22.7 Å². The van der Waals surface area contributed by atoms with Crippen molar-refractivity contribution in [3.05, 3.63) is 106 Å². The molecule has 0 fully saturated rings. The summed E-state index contributed by atoms with van der Waals surface area (Å²) in [7, 11) is 0. The number of hydrogen-bond donors (Lipinski definition) is 0. The monoisotopic (exact) mass is 1260 g/mol. The van der Waals surface area contributed by atoms with E-state index in [1.54, 1.807) is 346 Å². The minimum atomic E-state index is 0.887. The van der Waals surface area contributed by atoms with E-state index in [4.69, 9.17) is 9.97 Å². The van der Waals surface area contributed by atoms with E-state index in [0.717, 1.165) is 40.6 Å². The molecule has 0 unspecified atom stereocenters. The molecule has 0 radical (unpaired) electrons. The summed E-state index contributed by atoms with van der Waals surface area (Å²) >= 11 is 3.52. The third kappa shape index (κ3) is 3.07. The van der Waals surface area contributed by atoms with Crippen molar-refractivity contribution < 1.29 is 0 Å². The van der Waals surface area contributed by atoms with Crippen LogP contribution in [0.4, 0.5) is 0 Å². The zero-order chi connectivity index (χ0) is 60.4. The number of benzene rings is 23. The smallest absolute Gasteiger partial charge is 0.117 e. The highest BCUT2D eigenvalue weighted by molar-refractivity contribution is 7.19. The number of nitrogens with zero attached hydrogens (tertiary/aromatic N) is 4. The van der Waals surface area contributed by atoms with Gasteiger partial charge in [0.1, 0.15) is 10.0 Å². The minimum Gasteiger partial charge on any atom is -0.340 e. The third-order valence-electron chi connectivity index (χ3n) is 29.9. The van der Waals surface area contributed by atoms with Crippen molar-refractivity contribution in [3.8, 4) is 0 Å². The van der Waals surface area contributed by atoms with Crippen LogP contribution in [0.15, 0.2) is 84.9 Å². The van der Waals surface area contributed by atoms with E-state index in [9.17, 15) is 0 Å². The van der Waals surface area contributed by atoms with Crippen molar-refractivity contribution in [2.24, 2.45) is 0 Å². The van der Waals surface area contributed by atoms with Crippen LogP contribution in [-0.4, -0.2) is 19.1 Å². The lowest BCUT2D eigenvalue weighted by Crippen LogP contribution is -2.08. The van der Waals surface area contributed by atoms with E-state index in [2.05, 4.69) is 118 Å². The fourth-order valence-corrected chi connectivity index (χ4v) is 29.8. The Morgan fingerprint density at radius 3 is 0.737 bits per heavy atom. The lowest BCUT2D eigenvalue weighted by molar-refractivity contribution is 0.603. The highest BCUT2D eigenvalue weighted by Crippen LogP contribution is 2.80. The van der Waals surface area contributed by atoms with Gasteiger partial charge in [0.05, 0.1) is 31.5 Å². The van der Waals surface area contributed by atoms with Crippen LogP contribution < -0.4 is 0 Å². The minimum absolute atomic E-state index is 0.887. The van der Waals surface area contributed by atoms with Crippen LogP contribution in [0, 0.1) is 0 Å². The average Bonchev–Trinajstić information content (AvgIpc) is 1.39. The molecule has 34 aromatic carbocycles. The maximum absolute atomic E-state index is 5.01. The number of aryl methyl sites for hydroxylation is 2. The Labute approximate surface area is 553 Å². The van der Waals surface area contributed by atoms with Crippen LogP contribution in [0.5, 0.6) is 0 Å². The van der Waals surface area contributed by atoms with Crippen molar-refractivity contribution in [2.75, 3.05) is 0 Å². The van der Waals surface area contributed by atoms with Crippen LogP contribution in [0.25, 0.3) is 390 Å². The Morgan fingerprint density at radius 1 is 0.242 bits per heavy atom. The van der Waals surface area contributed by atoms with Crippen molar-refractivity contribution in [3.63, 3.8) is 0 Å². The largest absolute Gasteiger partial charge is 0.340 e. The molecule has 0 bridgehead atoms. The van der Waals surface area contributed by atoms with Gasteiger partial charge in [-0.25, -0.2) is 9.97 Å². The normalized spacial score (nSPS) is 15.9. The van der Waals surface area contributed by atoms with Crippen LogP contribution in [0.1, 0.15) is 27.6 Å². The van der Waals surface area contributed by atoms with E-state index in [1.807, 2.05) is 0 Å². The summed E-state index contributed by atoms with van der Waals surface area (Å²) in [6, 6.07) is 31.4. The molecule has 0 saturated carbocycles. The van der Waals surface area contributed by atoms with E-state index >= 15 is 0 Å². The van der Waals surface area contributed by atoms with Crippen LogP contribution >= 0.6 is 22.7 Å². The van der Waals surface area contributed by atoms with Gasteiger partial charge in [-0.2, -0.15) is 0 Å². The lowest BCUT2D eigenvalue weighted by Gasteiger charge is -2.25. The maximum atomic E-state index is 5.01. The standard InChI is InChI=1S/C93H24N4S2/c1-3-8-30-26(6-1)94-32(98-30)16-12-22-10-14-28-24(20-22)25-21-23(13-17-33-95-27-7-2-4-9-31(27)99-33)11-15-29(25)96(28)18-5-19-97-92-88-81-74-62-54-45-36-34-35-37-40(36)49-56(54)64-65-57(49)55-46(37)48-44-39(35)42-41-38(34)43-47(45)60(62)68-66-52(43)50(41)58-59-51(42)53(44)67-69-61(48)63(55)75-77(65)86(85(88)76(64)74)89-82(75)80(69)84-73(67)71(59)78-70(58)72(66)83(79(68)81)90(92)87(78)91(84)93(89)97/h1-4,6-17,20-21H,5,18-19H2/b16-12+,17-13+. The van der Waals surface area contributed by atoms with Gasteiger partial charge in [-0.05, 0) is 78.2 Å². The van der Waals surface area contributed by atoms with E-state index in [-0.39, 0.29) is 0 Å². The van der Waals surface area contributed by atoms with Crippen LogP contribution in [0.2, 0.25) is 0 Å². The molecule has 99 heavy (non-hydrogen) atoms. The predicted octanol–water partition coefficient (Wildman–Crippen LogP) is 26.9. The van der Waals surface area contributed by atoms with Crippen molar-refractivity contribution in [2.45, 2.75) is 19.5 Å². The molecule has 38 rings (SSSR count).